The number of halogens is 5. The SMILES string of the molecule is C[C@@H]1Cc2c([nH]c3ccccc23)C(c2cc(OCCNCCCF)ccc2Cl)N1CC(F)(F)F. The van der Waals surface area contributed by atoms with E-state index in [1.54, 1.807) is 18.2 Å². The van der Waals surface area contributed by atoms with Crippen LogP contribution in [0.5, 0.6) is 5.75 Å². The van der Waals surface area contributed by atoms with E-state index in [9.17, 15) is 17.6 Å². The average molecular weight is 498 g/mol. The maximum Gasteiger partial charge on any atom is 0.401 e. The van der Waals surface area contributed by atoms with Gasteiger partial charge in [-0.3, -0.25) is 9.29 Å². The molecule has 0 amide bonds. The number of hydrogen-bond donors (Lipinski definition) is 2. The summed E-state index contributed by atoms with van der Waals surface area (Å²) in [7, 11) is 0. The van der Waals surface area contributed by atoms with E-state index in [4.69, 9.17) is 16.3 Å². The van der Waals surface area contributed by atoms with Crippen molar-refractivity contribution in [2.24, 2.45) is 0 Å². The predicted octanol–water partition coefficient (Wildman–Crippen LogP) is 6.05. The molecule has 0 spiro atoms. The Morgan fingerprint density at radius 3 is 2.74 bits per heavy atom. The first-order chi connectivity index (χ1) is 16.3. The van der Waals surface area contributed by atoms with Crippen molar-refractivity contribution in [2.45, 2.75) is 38.0 Å². The summed E-state index contributed by atoms with van der Waals surface area (Å²) in [5, 5.41) is 4.48. The van der Waals surface area contributed by atoms with Crippen molar-refractivity contribution in [1.29, 1.82) is 0 Å². The molecule has 34 heavy (non-hydrogen) atoms. The minimum atomic E-state index is -4.36. The molecule has 4 rings (SSSR count). The fraction of sp³-hybridized carbons (Fsp3) is 0.440. The largest absolute Gasteiger partial charge is 0.492 e. The Morgan fingerprint density at radius 1 is 1.18 bits per heavy atom. The molecule has 3 aromatic rings. The molecule has 4 nitrogen and oxygen atoms in total. The van der Waals surface area contributed by atoms with Crippen LogP contribution in [0, 0.1) is 0 Å². The van der Waals surface area contributed by atoms with Gasteiger partial charge in [-0.1, -0.05) is 29.8 Å². The van der Waals surface area contributed by atoms with Gasteiger partial charge < -0.3 is 15.0 Å². The molecule has 0 saturated carbocycles. The summed E-state index contributed by atoms with van der Waals surface area (Å²) in [5.74, 6) is 0.523. The molecule has 2 N–H and O–H groups in total. The molecule has 2 heterocycles. The number of H-pyrrole nitrogens is 1. The first kappa shape index (κ1) is 24.8. The molecule has 0 aliphatic carbocycles. The topological polar surface area (TPSA) is 40.3 Å². The Labute approximate surface area is 201 Å². The number of hydrogen-bond acceptors (Lipinski definition) is 3. The second-order valence-electron chi connectivity index (χ2n) is 8.63. The first-order valence-corrected chi connectivity index (χ1v) is 11.8. The Hall–Kier alpha value is -2.29. The molecule has 1 aliphatic rings. The van der Waals surface area contributed by atoms with Crippen molar-refractivity contribution in [2.75, 3.05) is 32.9 Å². The van der Waals surface area contributed by atoms with Gasteiger partial charge >= 0.3 is 6.18 Å². The molecule has 0 bridgehead atoms. The van der Waals surface area contributed by atoms with Crippen LogP contribution in [0.3, 0.4) is 0 Å². The molecule has 1 unspecified atom stereocenters. The van der Waals surface area contributed by atoms with Crippen molar-refractivity contribution in [1.82, 2.24) is 15.2 Å². The van der Waals surface area contributed by atoms with Gasteiger partial charge in [-0.05, 0) is 61.7 Å². The van der Waals surface area contributed by atoms with E-state index in [1.807, 2.05) is 31.2 Å². The minimum absolute atomic E-state index is 0.346. The fourth-order valence-electron chi connectivity index (χ4n) is 4.67. The van der Waals surface area contributed by atoms with Crippen LogP contribution >= 0.6 is 11.6 Å². The van der Waals surface area contributed by atoms with Crippen molar-refractivity contribution in [3.05, 3.63) is 64.3 Å². The van der Waals surface area contributed by atoms with Crippen LogP contribution in [-0.4, -0.2) is 55.0 Å². The van der Waals surface area contributed by atoms with Gasteiger partial charge in [-0.15, -0.1) is 0 Å². The summed E-state index contributed by atoms with van der Waals surface area (Å²) in [6.07, 6.45) is -3.42. The van der Waals surface area contributed by atoms with E-state index in [0.717, 1.165) is 22.2 Å². The monoisotopic (exact) mass is 497 g/mol. The van der Waals surface area contributed by atoms with E-state index in [1.165, 1.54) is 4.90 Å². The molecule has 1 aromatic heterocycles. The van der Waals surface area contributed by atoms with Gasteiger partial charge in [0.2, 0.25) is 0 Å². The highest BCUT2D eigenvalue weighted by Crippen LogP contribution is 2.44. The summed E-state index contributed by atoms with van der Waals surface area (Å²) in [6.45, 7) is 1.83. The number of rotatable bonds is 9. The number of aromatic amines is 1. The van der Waals surface area contributed by atoms with Gasteiger partial charge in [0, 0.05) is 34.2 Å². The zero-order valence-electron chi connectivity index (χ0n) is 18.9. The van der Waals surface area contributed by atoms with Crippen LogP contribution in [0.1, 0.15) is 36.2 Å². The van der Waals surface area contributed by atoms with Crippen LogP contribution < -0.4 is 10.1 Å². The quantitative estimate of drug-likeness (QED) is 0.279. The number of fused-ring (bicyclic) bond motifs is 3. The highest BCUT2D eigenvalue weighted by Gasteiger charge is 2.42. The predicted molar refractivity (Wildman–Crippen MR) is 126 cm³/mol. The average Bonchev–Trinajstić information content (AvgIpc) is 3.15. The van der Waals surface area contributed by atoms with Crippen molar-refractivity contribution in [3.8, 4) is 5.75 Å². The van der Waals surface area contributed by atoms with Gasteiger partial charge in [0.25, 0.3) is 0 Å². The van der Waals surface area contributed by atoms with Crippen LogP contribution in [0.25, 0.3) is 10.9 Å². The van der Waals surface area contributed by atoms with E-state index in [-0.39, 0.29) is 12.7 Å². The van der Waals surface area contributed by atoms with E-state index >= 15 is 0 Å². The molecular formula is C25H28ClF4N3O. The van der Waals surface area contributed by atoms with Crippen molar-refractivity contribution >= 4 is 22.5 Å². The zero-order chi connectivity index (χ0) is 24.3. The van der Waals surface area contributed by atoms with Gasteiger partial charge in [-0.2, -0.15) is 13.2 Å². The van der Waals surface area contributed by atoms with Crippen molar-refractivity contribution in [3.63, 3.8) is 0 Å². The van der Waals surface area contributed by atoms with Crippen LogP contribution in [0.4, 0.5) is 17.6 Å². The van der Waals surface area contributed by atoms with E-state index < -0.39 is 18.8 Å². The highest BCUT2D eigenvalue weighted by atomic mass is 35.5. The van der Waals surface area contributed by atoms with Gasteiger partial charge in [0.1, 0.15) is 12.4 Å². The second-order valence-corrected chi connectivity index (χ2v) is 9.04. The fourth-order valence-corrected chi connectivity index (χ4v) is 4.90. The molecule has 0 fully saturated rings. The lowest BCUT2D eigenvalue weighted by Gasteiger charge is -2.41. The summed E-state index contributed by atoms with van der Waals surface area (Å²) in [5.41, 5.74) is 3.20. The lowest BCUT2D eigenvalue weighted by atomic mass is 9.88. The standard InChI is InChI=1S/C25H28ClF4N3O/c1-16-13-19-18-5-2-3-6-22(18)32-23(19)24(33(16)15-25(28,29)30)20-14-17(7-8-21(20)26)34-12-11-31-10-4-9-27/h2-3,5-8,14,16,24,31-32H,4,9-13,15H2,1H3/t16-,24?/m1/s1. The number of nitrogens with zero attached hydrogens (tertiary/aromatic N) is 1. The third-order valence-corrected chi connectivity index (χ3v) is 6.52. The Bertz CT molecular complexity index is 1120. The molecule has 0 saturated heterocycles. The summed E-state index contributed by atoms with van der Waals surface area (Å²) >= 11 is 6.57. The van der Waals surface area contributed by atoms with Crippen LogP contribution in [-0.2, 0) is 6.42 Å². The van der Waals surface area contributed by atoms with Crippen LogP contribution in [0.15, 0.2) is 42.5 Å². The maximum absolute atomic E-state index is 13.6. The zero-order valence-corrected chi connectivity index (χ0v) is 19.6. The molecule has 0 radical (unpaired) electrons. The molecular weight excluding hydrogens is 470 g/mol. The Morgan fingerprint density at radius 2 is 1.97 bits per heavy atom. The molecule has 1 aliphatic heterocycles. The molecule has 2 atom stereocenters. The van der Waals surface area contributed by atoms with Gasteiger partial charge in [-0.25, -0.2) is 0 Å². The van der Waals surface area contributed by atoms with E-state index in [0.29, 0.717) is 48.9 Å². The lowest BCUT2D eigenvalue weighted by molar-refractivity contribution is -0.155. The molecule has 2 aromatic carbocycles. The minimum Gasteiger partial charge on any atom is -0.492 e. The summed E-state index contributed by atoms with van der Waals surface area (Å²) < 4.78 is 58.9. The lowest BCUT2D eigenvalue weighted by Crippen LogP contribution is -2.47. The van der Waals surface area contributed by atoms with Gasteiger partial charge in [0.05, 0.1) is 19.3 Å². The molecule has 184 valence electrons. The van der Waals surface area contributed by atoms with Crippen LogP contribution in [0.2, 0.25) is 5.02 Å². The maximum atomic E-state index is 13.6. The summed E-state index contributed by atoms with van der Waals surface area (Å²) in [6, 6.07) is 11.8. The molecule has 9 heteroatoms. The number of alkyl halides is 4. The smallest absolute Gasteiger partial charge is 0.401 e. The first-order valence-electron chi connectivity index (χ1n) is 11.4. The number of ether oxygens (including phenoxy) is 1. The number of aromatic nitrogens is 1. The summed E-state index contributed by atoms with van der Waals surface area (Å²) in [4.78, 5) is 4.83. The van der Waals surface area contributed by atoms with Crippen molar-refractivity contribution < 1.29 is 22.3 Å². The number of nitrogens with one attached hydrogen (secondary N) is 2. The van der Waals surface area contributed by atoms with Gasteiger partial charge in [0.15, 0.2) is 0 Å². The van der Waals surface area contributed by atoms with E-state index in [2.05, 4.69) is 10.3 Å². The Balaban J connectivity index is 1.69. The Kier molecular flexibility index (Phi) is 7.70. The number of para-hydroxylation sites is 1. The number of benzene rings is 2. The highest BCUT2D eigenvalue weighted by molar-refractivity contribution is 6.31. The third kappa shape index (κ3) is 5.50. The normalized spacial score (nSPS) is 18.9. The second kappa shape index (κ2) is 10.5. The third-order valence-electron chi connectivity index (χ3n) is 6.18.